The molecule has 0 saturated carbocycles. The molecule has 6 heteroatoms. The average Bonchev–Trinajstić information content (AvgIpc) is 2.94. The number of hydrogen-bond acceptors (Lipinski definition) is 4. The van der Waals surface area contributed by atoms with Crippen molar-refractivity contribution >= 4 is 22.3 Å². The Labute approximate surface area is 113 Å². The summed E-state index contributed by atoms with van der Waals surface area (Å²) >= 11 is 1.44. The number of hydrogen-bond donors (Lipinski definition) is 1. The average molecular weight is 276 g/mol. The van der Waals surface area contributed by atoms with Gasteiger partial charge in [0.2, 0.25) is 0 Å². The van der Waals surface area contributed by atoms with Gasteiger partial charge in [-0.1, -0.05) is 0 Å². The maximum atomic E-state index is 10.8. The molecule has 0 spiro atoms. The van der Waals surface area contributed by atoms with Crippen molar-refractivity contribution in [1.82, 2.24) is 9.38 Å². The Hall–Kier alpha value is -2.08. The summed E-state index contributed by atoms with van der Waals surface area (Å²) in [4.78, 5) is 16.1. The Morgan fingerprint density at radius 2 is 2.32 bits per heavy atom. The van der Waals surface area contributed by atoms with Crippen molar-refractivity contribution in [2.24, 2.45) is 0 Å². The van der Waals surface area contributed by atoms with Crippen molar-refractivity contribution in [1.29, 1.82) is 0 Å². The molecule has 0 aromatic carbocycles. The topological polar surface area (TPSA) is 67.7 Å². The molecule has 3 aromatic rings. The molecule has 0 saturated heterocycles. The van der Waals surface area contributed by atoms with E-state index in [-0.39, 0.29) is 6.42 Å². The van der Waals surface area contributed by atoms with Crippen LogP contribution in [0.3, 0.4) is 0 Å². The molecule has 3 heterocycles. The van der Waals surface area contributed by atoms with Crippen LogP contribution in [0.4, 0.5) is 0 Å². The van der Waals surface area contributed by atoms with Gasteiger partial charge in [-0.25, -0.2) is 4.98 Å². The monoisotopic (exact) mass is 276 g/mol. The zero-order chi connectivity index (χ0) is 13.6. The minimum absolute atomic E-state index is 0.000797. The Morgan fingerprint density at radius 3 is 2.95 bits per heavy atom. The fraction of sp³-hybridized carbons (Fsp3) is 0.231. The predicted octanol–water partition coefficient (Wildman–Crippen LogP) is 2.90. The van der Waals surface area contributed by atoms with Gasteiger partial charge in [0.15, 0.2) is 4.96 Å². The third-order valence-electron chi connectivity index (χ3n) is 2.93. The van der Waals surface area contributed by atoms with Gasteiger partial charge in [0.05, 0.1) is 12.1 Å². The van der Waals surface area contributed by atoms with Crippen LogP contribution in [0.15, 0.2) is 22.1 Å². The molecule has 1 N–H and O–H groups in total. The normalized spacial score (nSPS) is 11.3. The van der Waals surface area contributed by atoms with Gasteiger partial charge in [-0.15, -0.1) is 11.3 Å². The highest BCUT2D eigenvalue weighted by molar-refractivity contribution is 7.15. The minimum Gasteiger partial charge on any atom is -0.481 e. The smallest absolute Gasteiger partial charge is 0.309 e. The Balaban J connectivity index is 2.09. The first-order valence-electron chi connectivity index (χ1n) is 5.79. The summed E-state index contributed by atoms with van der Waals surface area (Å²) in [7, 11) is 0. The van der Waals surface area contributed by atoms with Crippen LogP contribution in [0, 0.1) is 13.8 Å². The van der Waals surface area contributed by atoms with Crippen molar-refractivity contribution in [2.75, 3.05) is 0 Å². The molecular weight excluding hydrogens is 264 g/mol. The molecular formula is C13H12N2O3S. The van der Waals surface area contributed by atoms with Crippen LogP contribution in [0.5, 0.6) is 0 Å². The SMILES string of the molecule is Cc1cc(-c2cn3c(CC(=O)O)csc3n2)c(C)o1. The van der Waals surface area contributed by atoms with Crippen LogP contribution >= 0.6 is 11.3 Å². The molecule has 3 rings (SSSR count). The molecule has 0 radical (unpaired) electrons. The Morgan fingerprint density at radius 1 is 1.53 bits per heavy atom. The van der Waals surface area contributed by atoms with Crippen LogP contribution in [-0.2, 0) is 11.2 Å². The van der Waals surface area contributed by atoms with Crippen LogP contribution < -0.4 is 0 Å². The van der Waals surface area contributed by atoms with Crippen LogP contribution in [0.2, 0.25) is 0 Å². The summed E-state index contributed by atoms with van der Waals surface area (Å²) in [6.45, 7) is 3.79. The number of thiazole rings is 1. The molecule has 0 aliphatic rings. The highest BCUT2D eigenvalue weighted by Gasteiger charge is 2.14. The maximum absolute atomic E-state index is 10.8. The van der Waals surface area contributed by atoms with E-state index in [1.807, 2.05) is 35.9 Å². The lowest BCUT2D eigenvalue weighted by molar-refractivity contribution is -0.136. The third-order valence-corrected chi connectivity index (χ3v) is 3.82. The van der Waals surface area contributed by atoms with E-state index in [0.717, 1.165) is 33.4 Å². The molecule has 3 aromatic heterocycles. The van der Waals surface area contributed by atoms with Gasteiger partial charge in [-0.3, -0.25) is 9.20 Å². The summed E-state index contributed by atoms with van der Waals surface area (Å²) in [5.41, 5.74) is 2.51. The maximum Gasteiger partial charge on any atom is 0.309 e. The highest BCUT2D eigenvalue weighted by Crippen LogP contribution is 2.28. The predicted molar refractivity (Wildman–Crippen MR) is 71.6 cm³/mol. The second-order valence-electron chi connectivity index (χ2n) is 4.40. The van der Waals surface area contributed by atoms with Crippen molar-refractivity contribution in [3.8, 4) is 11.3 Å². The number of fused-ring (bicyclic) bond motifs is 1. The first-order chi connectivity index (χ1) is 9.04. The summed E-state index contributed by atoms with van der Waals surface area (Å²) < 4.78 is 7.33. The molecule has 0 atom stereocenters. The number of carbonyl (C=O) groups is 1. The molecule has 19 heavy (non-hydrogen) atoms. The zero-order valence-electron chi connectivity index (χ0n) is 10.5. The number of nitrogens with zero attached hydrogens (tertiary/aromatic N) is 2. The van der Waals surface area contributed by atoms with E-state index in [1.165, 1.54) is 11.3 Å². The molecule has 5 nitrogen and oxygen atoms in total. The summed E-state index contributed by atoms with van der Waals surface area (Å²) in [6, 6.07) is 1.94. The molecule has 0 aliphatic carbocycles. The number of rotatable bonds is 3. The van der Waals surface area contributed by atoms with E-state index in [4.69, 9.17) is 9.52 Å². The van der Waals surface area contributed by atoms with Crippen molar-refractivity contribution in [2.45, 2.75) is 20.3 Å². The number of carboxylic acid groups (broad SMARTS) is 1. The van der Waals surface area contributed by atoms with Crippen LogP contribution in [-0.4, -0.2) is 20.5 Å². The largest absolute Gasteiger partial charge is 0.481 e. The number of imidazole rings is 1. The van der Waals surface area contributed by atoms with E-state index in [0.29, 0.717) is 0 Å². The van der Waals surface area contributed by atoms with Crippen molar-refractivity contribution in [3.05, 3.63) is 34.9 Å². The fourth-order valence-corrected chi connectivity index (χ4v) is 3.00. The molecule has 0 fully saturated rings. The van der Waals surface area contributed by atoms with E-state index in [1.54, 1.807) is 0 Å². The standard InChI is InChI=1S/C13H12N2O3S/c1-7-3-10(8(2)18-7)11-5-15-9(4-12(16)17)6-19-13(15)14-11/h3,5-6H,4H2,1-2H3,(H,16,17). The van der Waals surface area contributed by atoms with E-state index in [2.05, 4.69) is 4.98 Å². The van der Waals surface area contributed by atoms with Crippen molar-refractivity contribution < 1.29 is 14.3 Å². The lowest BCUT2D eigenvalue weighted by Gasteiger charge is -1.93. The summed E-state index contributed by atoms with van der Waals surface area (Å²) in [5.74, 6) is 0.822. The second kappa shape index (κ2) is 4.24. The van der Waals surface area contributed by atoms with Gasteiger partial charge in [0.25, 0.3) is 0 Å². The number of aromatic nitrogens is 2. The minimum atomic E-state index is -0.842. The van der Waals surface area contributed by atoms with Crippen molar-refractivity contribution in [3.63, 3.8) is 0 Å². The van der Waals surface area contributed by atoms with E-state index in [9.17, 15) is 4.79 Å². The third kappa shape index (κ3) is 2.04. The Kier molecular flexibility index (Phi) is 2.67. The van der Waals surface area contributed by atoms with Crippen LogP contribution in [0.25, 0.3) is 16.2 Å². The lowest BCUT2D eigenvalue weighted by atomic mass is 10.2. The van der Waals surface area contributed by atoms with E-state index >= 15 is 0 Å². The summed E-state index contributed by atoms with van der Waals surface area (Å²) in [6.07, 6.45) is 1.86. The Bertz CT molecular complexity index is 766. The number of carboxylic acids is 1. The number of furan rings is 1. The molecule has 0 bridgehead atoms. The number of aliphatic carboxylic acids is 1. The van der Waals surface area contributed by atoms with Crippen LogP contribution in [0.1, 0.15) is 17.2 Å². The van der Waals surface area contributed by atoms with E-state index < -0.39 is 5.97 Å². The zero-order valence-corrected chi connectivity index (χ0v) is 11.3. The molecule has 0 amide bonds. The molecule has 0 aliphatic heterocycles. The quantitative estimate of drug-likeness (QED) is 0.798. The van der Waals surface area contributed by atoms with Gasteiger partial charge in [-0.2, -0.15) is 0 Å². The van der Waals surface area contributed by atoms with Gasteiger partial charge in [-0.05, 0) is 19.9 Å². The first kappa shape index (κ1) is 12.0. The van der Waals surface area contributed by atoms with Gasteiger partial charge < -0.3 is 9.52 Å². The second-order valence-corrected chi connectivity index (χ2v) is 5.24. The van der Waals surface area contributed by atoms with Gasteiger partial charge in [0.1, 0.15) is 11.5 Å². The first-order valence-corrected chi connectivity index (χ1v) is 6.67. The van der Waals surface area contributed by atoms with Gasteiger partial charge >= 0.3 is 5.97 Å². The molecule has 0 unspecified atom stereocenters. The fourth-order valence-electron chi connectivity index (χ4n) is 2.13. The lowest BCUT2D eigenvalue weighted by Crippen LogP contribution is -2.02. The highest BCUT2D eigenvalue weighted by atomic mass is 32.1. The van der Waals surface area contributed by atoms with Gasteiger partial charge in [0, 0.05) is 22.8 Å². The number of aryl methyl sites for hydroxylation is 2. The molecule has 98 valence electrons. The summed E-state index contributed by atoms with van der Waals surface area (Å²) in [5, 5.41) is 10.7.